The lowest BCUT2D eigenvalue weighted by Gasteiger charge is -2.20. The Morgan fingerprint density at radius 2 is 2.35 bits per heavy atom. The normalized spacial score (nSPS) is 21.2. The summed E-state index contributed by atoms with van der Waals surface area (Å²) >= 11 is 3.36. The molecule has 2 rings (SSSR count). The van der Waals surface area contributed by atoms with Gasteiger partial charge < -0.3 is 10.6 Å². The quantitative estimate of drug-likeness (QED) is 0.898. The van der Waals surface area contributed by atoms with Crippen molar-refractivity contribution in [2.75, 3.05) is 25.1 Å². The zero-order valence-corrected chi connectivity index (χ0v) is 11.6. The number of thioether (sulfide) groups is 1. The van der Waals surface area contributed by atoms with Gasteiger partial charge in [-0.25, -0.2) is 0 Å². The van der Waals surface area contributed by atoms with E-state index in [9.17, 15) is 4.79 Å². The fraction of sp³-hybridized carbons (Fsp3) is 0.583. The first kappa shape index (κ1) is 12.8. The number of likely N-dealkylation sites (tertiary alicyclic amines) is 1. The van der Waals surface area contributed by atoms with E-state index in [1.165, 1.54) is 17.8 Å². The van der Waals surface area contributed by atoms with Gasteiger partial charge in [-0.2, -0.15) is 11.8 Å². The molecule has 1 saturated heterocycles. The van der Waals surface area contributed by atoms with E-state index < -0.39 is 0 Å². The third kappa shape index (κ3) is 2.96. The first-order valence-corrected chi connectivity index (χ1v) is 8.04. The fourth-order valence-electron chi connectivity index (χ4n) is 2.14. The van der Waals surface area contributed by atoms with Gasteiger partial charge >= 0.3 is 0 Å². The Morgan fingerprint density at radius 1 is 1.53 bits per heavy atom. The molecule has 1 fully saturated rings. The van der Waals surface area contributed by atoms with Crippen LogP contribution < -0.4 is 5.73 Å². The van der Waals surface area contributed by atoms with Crippen LogP contribution in [-0.4, -0.2) is 35.4 Å². The van der Waals surface area contributed by atoms with Crippen LogP contribution in [0.15, 0.2) is 11.4 Å². The second-order valence-corrected chi connectivity index (χ2v) is 6.34. The molecule has 1 aliphatic rings. The smallest absolute Gasteiger partial charge is 0.266 e. The molecule has 94 valence electrons. The lowest BCUT2D eigenvalue weighted by atomic mass is 10.2. The van der Waals surface area contributed by atoms with E-state index in [1.807, 2.05) is 22.0 Å². The number of thiophene rings is 1. The van der Waals surface area contributed by atoms with E-state index >= 15 is 0 Å². The van der Waals surface area contributed by atoms with Gasteiger partial charge in [0.05, 0.1) is 5.69 Å². The molecule has 1 aliphatic heterocycles. The van der Waals surface area contributed by atoms with Gasteiger partial charge in [0.2, 0.25) is 0 Å². The number of nitrogen functional groups attached to an aromatic ring is 1. The molecule has 0 aromatic carbocycles. The molecule has 2 N–H and O–H groups in total. The zero-order valence-electron chi connectivity index (χ0n) is 10.0. The molecule has 1 aromatic rings. The van der Waals surface area contributed by atoms with Gasteiger partial charge in [0.1, 0.15) is 4.88 Å². The average Bonchev–Trinajstić information content (AvgIpc) is 2.64. The highest BCUT2D eigenvalue weighted by molar-refractivity contribution is 7.99. The summed E-state index contributed by atoms with van der Waals surface area (Å²) in [5.74, 6) is 0.110. The number of anilines is 1. The Morgan fingerprint density at radius 3 is 3.00 bits per heavy atom. The lowest BCUT2D eigenvalue weighted by Crippen LogP contribution is -2.32. The van der Waals surface area contributed by atoms with Crippen LogP contribution in [0.25, 0.3) is 0 Å². The monoisotopic (exact) mass is 270 g/mol. The number of hydrogen-bond donors (Lipinski definition) is 1. The minimum atomic E-state index is 0.110. The largest absolute Gasteiger partial charge is 0.397 e. The van der Waals surface area contributed by atoms with Gasteiger partial charge in [-0.15, -0.1) is 11.3 Å². The van der Waals surface area contributed by atoms with Crippen molar-refractivity contribution in [1.29, 1.82) is 0 Å². The Kier molecular flexibility index (Phi) is 4.34. The topological polar surface area (TPSA) is 46.3 Å². The van der Waals surface area contributed by atoms with E-state index in [4.69, 9.17) is 5.73 Å². The summed E-state index contributed by atoms with van der Waals surface area (Å²) in [6, 6.07) is 1.81. The highest BCUT2D eigenvalue weighted by atomic mass is 32.2. The molecule has 0 bridgehead atoms. The van der Waals surface area contributed by atoms with Crippen molar-refractivity contribution in [2.24, 2.45) is 0 Å². The summed E-state index contributed by atoms with van der Waals surface area (Å²) < 4.78 is 0. The highest BCUT2D eigenvalue weighted by Gasteiger charge is 2.22. The SMILES string of the molecule is CSC1CCCN(C(=O)c2sccc2N)CC1. The van der Waals surface area contributed by atoms with Crippen molar-refractivity contribution < 1.29 is 4.79 Å². The molecule has 0 radical (unpaired) electrons. The summed E-state index contributed by atoms with van der Waals surface area (Å²) in [5.41, 5.74) is 6.42. The number of rotatable bonds is 2. The molecule has 1 amide bonds. The number of carbonyl (C=O) groups excluding carboxylic acids is 1. The van der Waals surface area contributed by atoms with Crippen molar-refractivity contribution in [1.82, 2.24) is 4.90 Å². The number of nitrogens with two attached hydrogens (primary N) is 1. The Balaban J connectivity index is 2.03. The molecule has 1 aromatic heterocycles. The molecular formula is C12H18N2OS2. The predicted molar refractivity (Wildman–Crippen MR) is 75.8 cm³/mol. The highest BCUT2D eigenvalue weighted by Crippen LogP contribution is 2.25. The number of amides is 1. The van der Waals surface area contributed by atoms with Gasteiger partial charge in [-0.05, 0) is 37.0 Å². The van der Waals surface area contributed by atoms with E-state index in [2.05, 4.69) is 6.26 Å². The minimum absolute atomic E-state index is 0.110. The van der Waals surface area contributed by atoms with Gasteiger partial charge in [-0.3, -0.25) is 4.79 Å². The molecule has 0 aliphatic carbocycles. The van der Waals surface area contributed by atoms with Crippen molar-refractivity contribution in [3.8, 4) is 0 Å². The summed E-state index contributed by atoms with van der Waals surface area (Å²) in [4.78, 5) is 14.9. The van der Waals surface area contributed by atoms with Gasteiger partial charge in [-0.1, -0.05) is 0 Å². The first-order chi connectivity index (χ1) is 8.22. The van der Waals surface area contributed by atoms with Crippen LogP contribution in [-0.2, 0) is 0 Å². The molecule has 1 atom stereocenters. The van der Waals surface area contributed by atoms with Crippen LogP contribution in [0.2, 0.25) is 0 Å². The number of hydrogen-bond acceptors (Lipinski definition) is 4. The number of nitrogens with zero attached hydrogens (tertiary/aromatic N) is 1. The molecule has 2 heterocycles. The first-order valence-electron chi connectivity index (χ1n) is 5.87. The minimum Gasteiger partial charge on any atom is -0.397 e. The van der Waals surface area contributed by atoms with E-state index in [-0.39, 0.29) is 5.91 Å². The van der Waals surface area contributed by atoms with Crippen LogP contribution in [0, 0.1) is 0 Å². The van der Waals surface area contributed by atoms with Crippen molar-refractivity contribution in [3.05, 3.63) is 16.3 Å². The third-order valence-electron chi connectivity index (χ3n) is 3.19. The maximum Gasteiger partial charge on any atom is 0.266 e. The number of carbonyl (C=O) groups is 1. The van der Waals surface area contributed by atoms with Crippen molar-refractivity contribution in [2.45, 2.75) is 24.5 Å². The molecule has 0 saturated carbocycles. The zero-order chi connectivity index (χ0) is 12.3. The van der Waals surface area contributed by atoms with E-state index in [0.717, 1.165) is 25.9 Å². The standard InChI is InChI=1S/C12H18N2OS2/c1-16-9-3-2-6-14(7-4-9)12(15)11-10(13)5-8-17-11/h5,8-9H,2-4,6-7,13H2,1H3. The van der Waals surface area contributed by atoms with Gasteiger partial charge in [0.15, 0.2) is 0 Å². The van der Waals surface area contributed by atoms with Gasteiger partial charge in [0, 0.05) is 18.3 Å². The van der Waals surface area contributed by atoms with Gasteiger partial charge in [0.25, 0.3) is 5.91 Å². The summed E-state index contributed by atoms with van der Waals surface area (Å²) in [6.07, 6.45) is 5.56. The molecule has 0 spiro atoms. The fourth-order valence-corrected chi connectivity index (χ4v) is 3.67. The summed E-state index contributed by atoms with van der Waals surface area (Å²) in [5, 5.41) is 2.58. The molecule has 1 unspecified atom stereocenters. The summed E-state index contributed by atoms with van der Waals surface area (Å²) in [7, 11) is 0. The van der Waals surface area contributed by atoms with Crippen molar-refractivity contribution >= 4 is 34.7 Å². The maximum absolute atomic E-state index is 12.3. The lowest BCUT2D eigenvalue weighted by molar-refractivity contribution is 0.0767. The maximum atomic E-state index is 12.3. The van der Waals surface area contributed by atoms with Crippen LogP contribution in [0.3, 0.4) is 0 Å². The second-order valence-electron chi connectivity index (χ2n) is 4.29. The Hall–Kier alpha value is -0.680. The van der Waals surface area contributed by atoms with Crippen LogP contribution in [0.5, 0.6) is 0 Å². The molecular weight excluding hydrogens is 252 g/mol. The summed E-state index contributed by atoms with van der Waals surface area (Å²) in [6.45, 7) is 1.73. The third-order valence-corrected chi connectivity index (χ3v) is 5.24. The van der Waals surface area contributed by atoms with E-state index in [0.29, 0.717) is 15.8 Å². The van der Waals surface area contributed by atoms with Crippen molar-refractivity contribution in [3.63, 3.8) is 0 Å². The molecule has 5 heteroatoms. The Bertz CT molecular complexity index is 392. The van der Waals surface area contributed by atoms with Crippen LogP contribution in [0.1, 0.15) is 28.9 Å². The van der Waals surface area contributed by atoms with E-state index in [1.54, 1.807) is 6.07 Å². The Labute approximate surface area is 110 Å². The molecule has 17 heavy (non-hydrogen) atoms. The second kappa shape index (κ2) is 5.78. The average molecular weight is 270 g/mol. The predicted octanol–water partition coefficient (Wildman–Crippen LogP) is 2.69. The molecule has 3 nitrogen and oxygen atoms in total. The van der Waals surface area contributed by atoms with Crippen LogP contribution in [0.4, 0.5) is 5.69 Å². The van der Waals surface area contributed by atoms with Crippen LogP contribution >= 0.6 is 23.1 Å².